The van der Waals surface area contributed by atoms with Gasteiger partial charge in [0.05, 0.1) is 10.4 Å². The van der Waals surface area contributed by atoms with Gasteiger partial charge in [0.15, 0.2) is 0 Å². The Hall–Kier alpha value is -0.570. The van der Waals surface area contributed by atoms with Crippen LogP contribution in [0.2, 0.25) is 0 Å². The van der Waals surface area contributed by atoms with E-state index >= 15 is 0 Å². The predicted octanol–water partition coefficient (Wildman–Crippen LogP) is 3.08. The van der Waals surface area contributed by atoms with Crippen molar-refractivity contribution >= 4 is 17.2 Å². The van der Waals surface area contributed by atoms with E-state index in [-0.39, 0.29) is 0 Å². The SMILES string of the molecule is CC(C)CC12CCCN1c1ncsc1C2. The summed E-state index contributed by atoms with van der Waals surface area (Å²) in [6.45, 7) is 5.90. The smallest absolute Gasteiger partial charge is 0.143 e. The Labute approximate surface area is 95.3 Å². The molecule has 3 rings (SSSR count). The molecule has 1 saturated heterocycles. The van der Waals surface area contributed by atoms with Crippen molar-refractivity contribution < 1.29 is 0 Å². The quantitative estimate of drug-likeness (QED) is 0.764. The van der Waals surface area contributed by atoms with Gasteiger partial charge in [-0.25, -0.2) is 4.98 Å². The summed E-state index contributed by atoms with van der Waals surface area (Å²) in [7, 11) is 0. The van der Waals surface area contributed by atoms with Gasteiger partial charge in [0.2, 0.25) is 0 Å². The van der Waals surface area contributed by atoms with Gasteiger partial charge in [-0.05, 0) is 25.2 Å². The zero-order valence-electron chi connectivity index (χ0n) is 9.49. The van der Waals surface area contributed by atoms with Gasteiger partial charge in [-0.1, -0.05) is 13.8 Å². The summed E-state index contributed by atoms with van der Waals surface area (Å²) in [5.41, 5.74) is 2.45. The van der Waals surface area contributed by atoms with Crippen LogP contribution in [0.3, 0.4) is 0 Å². The molecule has 0 aliphatic carbocycles. The van der Waals surface area contributed by atoms with Crippen LogP contribution >= 0.6 is 11.3 Å². The lowest BCUT2D eigenvalue weighted by atomic mass is 9.85. The van der Waals surface area contributed by atoms with E-state index in [4.69, 9.17) is 0 Å². The van der Waals surface area contributed by atoms with E-state index in [2.05, 4.69) is 23.7 Å². The summed E-state index contributed by atoms with van der Waals surface area (Å²) in [5, 5.41) is 0. The number of fused-ring (bicyclic) bond motifs is 3. The highest BCUT2D eigenvalue weighted by Crippen LogP contribution is 2.48. The number of aromatic nitrogens is 1. The lowest BCUT2D eigenvalue weighted by molar-refractivity contribution is 0.354. The normalized spacial score (nSPS) is 28.6. The second kappa shape index (κ2) is 3.21. The van der Waals surface area contributed by atoms with Crippen LogP contribution < -0.4 is 4.90 Å². The van der Waals surface area contributed by atoms with E-state index in [0.717, 1.165) is 5.92 Å². The fourth-order valence-corrected chi connectivity index (χ4v) is 4.30. The summed E-state index contributed by atoms with van der Waals surface area (Å²) >= 11 is 1.84. The van der Waals surface area contributed by atoms with E-state index in [1.165, 1.54) is 42.9 Å². The summed E-state index contributed by atoms with van der Waals surface area (Å²) in [6, 6.07) is 0. The Balaban J connectivity index is 1.95. The molecule has 0 bridgehead atoms. The highest BCUT2D eigenvalue weighted by atomic mass is 32.1. The minimum atomic E-state index is 0.448. The number of rotatable bonds is 2. The Morgan fingerprint density at radius 3 is 3.27 bits per heavy atom. The highest BCUT2D eigenvalue weighted by molar-refractivity contribution is 7.10. The van der Waals surface area contributed by atoms with Crippen molar-refractivity contribution in [3.8, 4) is 0 Å². The standard InChI is InChI=1S/C12H18N2S/c1-9(2)6-12-4-3-5-14(12)11-10(7-12)15-8-13-11/h8-9H,3-7H2,1-2H3. The van der Waals surface area contributed by atoms with Gasteiger partial charge >= 0.3 is 0 Å². The number of hydrogen-bond donors (Lipinski definition) is 0. The van der Waals surface area contributed by atoms with Gasteiger partial charge in [0, 0.05) is 18.5 Å². The summed E-state index contributed by atoms with van der Waals surface area (Å²) in [5.74, 6) is 2.10. The lowest BCUT2D eigenvalue weighted by Gasteiger charge is -2.34. The zero-order chi connectivity index (χ0) is 10.5. The average molecular weight is 222 g/mol. The molecule has 82 valence electrons. The third-order valence-electron chi connectivity index (χ3n) is 3.75. The fourth-order valence-electron chi connectivity index (χ4n) is 3.40. The van der Waals surface area contributed by atoms with Crippen LogP contribution in [0.15, 0.2) is 5.51 Å². The molecule has 2 aliphatic heterocycles. The lowest BCUT2D eigenvalue weighted by Crippen LogP contribution is -2.42. The maximum atomic E-state index is 4.54. The van der Waals surface area contributed by atoms with Gasteiger partial charge in [-0.2, -0.15) is 0 Å². The van der Waals surface area contributed by atoms with Crippen LogP contribution in [0.5, 0.6) is 0 Å². The molecule has 0 saturated carbocycles. The maximum Gasteiger partial charge on any atom is 0.143 e. The van der Waals surface area contributed by atoms with Gasteiger partial charge in [-0.3, -0.25) is 0 Å². The molecule has 0 amide bonds. The molecule has 15 heavy (non-hydrogen) atoms. The molecule has 1 unspecified atom stereocenters. The van der Waals surface area contributed by atoms with Gasteiger partial charge < -0.3 is 4.90 Å². The van der Waals surface area contributed by atoms with E-state index in [0.29, 0.717) is 5.54 Å². The summed E-state index contributed by atoms with van der Waals surface area (Å²) in [4.78, 5) is 8.66. The van der Waals surface area contributed by atoms with Crippen molar-refractivity contribution in [3.63, 3.8) is 0 Å². The van der Waals surface area contributed by atoms with Crippen molar-refractivity contribution in [1.82, 2.24) is 4.98 Å². The predicted molar refractivity (Wildman–Crippen MR) is 64.6 cm³/mol. The Morgan fingerprint density at radius 2 is 2.47 bits per heavy atom. The number of nitrogens with zero attached hydrogens (tertiary/aromatic N) is 2. The largest absolute Gasteiger partial charge is 0.350 e. The molecule has 1 fully saturated rings. The maximum absolute atomic E-state index is 4.54. The number of thiazole rings is 1. The zero-order valence-corrected chi connectivity index (χ0v) is 10.3. The second-order valence-electron chi connectivity index (χ2n) is 5.35. The van der Waals surface area contributed by atoms with Crippen LogP contribution in [0.25, 0.3) is 0 Å². The Bertz CT molecular complexity index is 371. The molecule has 2 aliphatic rings. The van der Waals surface area contributed by atoms with Crippen molar-refractivity contribution in [2.75, 3.05) is 11.4 Å². The monoisotopic (exact) mass is 222 g/mol. The van der Waals surface area contributed by atoms with Crippen molar-refractivity contribution in [3.05, 3.63) is 10.4 Å². The molecule has 0 N–H and O–H groups in total. The van der Waals surface area contributed by atoms with Crippen LogP contribution in [0, 0.1) is 5.92 Å². The van der Waals surface area contributed by atoms with E-state index < -0.39 is 0 Å². The second-order valence-corrected chi connectivity index (χ2v) is 6.29. The van der Waals surface area contributed by atoms with Crippen molar-refractivity contribution in [2.45, 2.75) is 45.1 Å². The van der Waals surface area contributed by atoms with Gasteiger partial charge in [0.25, 0.3) is 0 Å². The van der Waals surface area contributed by atoms with Crippen molar-refractivity contribution in [1.29, 1.82) is 0 Å². The molecule has 2 nitrogen and oxygen atoms in total. The summed E-state index contributed by atoms with van der Waals surface area (Å²) < 4.78 is 0. The average Bonchev–Trinajstić information content (AvgIpc) is 2.72. The molecule has 1 aromatic rings. The van der Waals surface area contributed by atoms with Crippen molar-refractivity contribution in [2.24, 2.45) is 5.92 Å². The molecule has 3 heterocycles. The third-order valence-corrected chi connectivity index (χ3v) is 4.57. The van der Waals surface area contributed by atoms with Crippen LogP contribution in [0.4, 0.5) is 5.82 Å². The van der Waals surface area contributed by atoms with Gasteiger partial charge in [0.1, 0.15) is 5.82 Å². The van der Waals surface area contributed by atoms with Crippen LogP contribution in [-0.2, 0) is 6.42 Å². The highest BCUT2D eigenvalue weighted by Gasteiger charge is 2.48. The molecule has 0 aromatic carbocycles. The minimum Gasteiger partial charge on any atom is -0.350 e. The van der Waals surface area contributed by atoms with Crippen LogP contribution in [0.1, 0.15) is 38.0 Å². The molecular weight excluding hydrogens is 204 g/mol. The number of hydrogen-bond acceptors (Lipinski definition) is 3. The Morgan fingerprint density at radius 1 is 1.60 bits per heavy atom. The third kappa shape index (κ3) is 1.32. The van der Waals surface area contributed by atoms with Crippen LogP contribution in [-0.4, -0.2) is 17.1 Å². The first kappa shape index (κ1) is 9.64. The van der Waals surface area contributed by atoms with Gasteiger partial charge in [-0.15, -0.1) is 11.3 Å². The number of anilines is 1. The summed E-state index contributed by atoms with van der Waals surface area (Å²) in [6.07, 6.45) is 5.30. The molecule has 1 aromatic heterocycles. The minimum absolute atomic E-state index is 0.448. The van der Waals surface area contributed by atoms with E-state index in [1.54, 1.807) is 0 Å². The molecule has 1 atom stereocenters. The first-order chi connectivity index (χ1) is 7.21. The topological polar surface area (TPSA) is 16.1 Å². The molecule has 0 spiro atoms. The molecule has 0 radical (unpaired) electrons. The first-order valence-electron chi connectivity index (χ1n) is 5.91. The van der Waals surface area contributed by atoms with E-state index in [1.807, 2.05) is 16.8 Å². The first-order valence-corrected chi connectivity index (χ1v) is 6.79. The molecule has 3 heteroatoms. The van der Waals surface area contributed by atoms with E-state index in [9.17, 15) is 0 Å². The fraction of sp³-hybridized carbons (Fsp3) is 0.750. The Kier molecular flexibility index (Phi) is 2.06. The molecular formula is C12H18N2S.